The Kier molecular flexibility index (Phi) is 3.20. The van der Waals surface area contributed by atoms with E-state index in [-0.39, 0.29) is 0 Å². The molecule has 1 saturated carbocycles. The quantitative estimate of drug-likeness (QED) is 0.807. The maximum absolute atomic E-state index is 3.52. The number of nitrogens with zero attached hydrogens (tertiary/aromatic N) is 1. The molecule has 1 aliphatic carbocycles. The normalized spacial score (nSPS) is 40.2. The fourth-order valence-corrected chi connectivity index (χ4v) is 4.16. The fourth-order valence-electron chi connectivity index (χ4n) is 4.16. The molecule has 0 amide bonds. The molecule has 0 radical (unpaired) electrons. The van der Waals surface area contributed by atoms with E-state index in [1.807, 2.05) is 0 Å². The van der Waals surface area contributed by atoms with Gasteiger partial charge in [-0.05, 0) is 57.4 Å². The van der Waals surface area contributed by atoms with Crippen molar-refractivity contribution in [2.75, 3.05) is 13.6 Å². The van der Waals surface area contributed by atoms with E-state index in [0.717, 1.165) is 23.5 Å². The number of rotatable bonds is 4. The summed E-state index contributed by atoms with van der Waals surface area (Å²) >= 11 is 0. The van der Waals surface area contributed by atoms with Crippen LogP contribution in [0.3, 0.4) is 0 Å². The molecular weight excluding hydrogens is 208 g/mol. The second kappa shape index (κ2) is 4.55. The molecule has 98 valence electrons. The van der Waals surface area contributed by atoms with Crippen LogP contribution in [0.4, 0.5) is 0 Å². The van der Waals surface area contributed by atoms with Crippen LogP contribution in [0.25, 0.3) is 0 Å². The highest BCUT2D eigenvalue weighted by atomic mass is 15.2. The van der Waals surface area contributed by atoms with Crippen LogP contribution in [0.1, 0.15) is 58.3 Å². The molecule has 0 aromatic rings. The maximum Gasteiger partial charge on any atom is 0.0113 e. The molecule has 2 saturated heterocycles. The molecule has 2 aliphatic heterocycles. The lowest BCUT2D eigenvalue weighted by Gasteiger charge is -2.50. The summed E-state index contributed by atoms with van der Waals surface area (Å²) in [7, 11) is 2.14. The standard InChI is InChI=1S/C15H28N2/c1-3-15(7-8-15)11-17-13-5-4-6-14(17)10-12(9-13)16-2/h12-14,16H,3-11H2,1-2H3. The Labute approximate surface area is 106 Å². The van der Waals surface area contributed by atoms with E-state index in [1.54, 1.807) is 0 Å². The van der Waals surface area contributed by atoms with Gasteiger partial charge in [-0.3, -0.25) is 4.90 Å². The zero-order valence-electron chi connectivity index (χ0n) is 11.5. The van der Waals surface area contributed by atoms with Gasteiger partial charge in [0.1, 0.15) is 0 Å². The van der Waals surface area contributed by atoms with Crippen molar-refractivity contribution in [1.82, 2.24) is 10.2 Å². The topological polar surface area (TPSA) is 15.3 Å². The first-order chi connectivity index (χ1) is 8.26. The number of fused-ring (bicyclic) bond motifs is 2. The number of piperidine rings is 2. The van der Waals surface area contributed by atoms with Gasteiger partial charge in [-0.15, -0.1) is 0 Å². The van der Waals surface area contributed by atoms with E-state index >= 15 is 0 Å². The van der Waals surface area contributed by atoms with Crippen LogP contribution in [-0.4, -0.2) is 36.6 Å². The van der Waals surface area contributed by atoms with E-state index in [9.17, 15) is 0 Å². The van der Waals surface area contributed by atoms with Crippen LogP contribution < -0.4 is 5.32 Å². The van der Waals surface area contributed by atoms with Gasteiger partial charge in [-0.25, -0.2) is 0 Å². The molecule has 2 unspecified atom stereocenters. The van der Waals surface area contributed by atoms with Crippen molar-refractivity contribution < 1.29 is 0 Å². The smallest absolute Gasteiger partial charge is 0.0113 e. The third-order valence-corrected chi connectivity index (χ3v) is 5.76. The van der Waals surface area contributed by atoms with Crippen LogP contribution in [0.2, 0.25) is 0 Å². The summed E-state index contributed by atoms with van der Waals surface area (Å²) in [6.07, 6.45) is 11.6. The van der Waals surface area contributed by atoms with Gasteiger partial charge in [-0.2, -0.15) is 0 Å². The summed E-state index contributed by atoms with van der Waals surface area (Å²) in [5.41, 5.74) is 0.736. The van der Waals surface area contributed by atoms with Crippen molar-refractivity contribution in [2.45, 2.75) is 76.4 Å². The van der Waals surface area contributed by atoms with Crippen molar-refractivity contribution in [3.63, 3.8) is 0 Å². The van der Waals surface area contributed by atoms with Crippen LogP contribution in [-0.2, 0) is 0 Å². The van der Waals surface area contributed by atoms with E-state index in [4.69, 9.17) is 0 Å². The fraction of sp³-hybridized carbons (Fsp3) is 1.00. The third kappa shape index (κ3) is 2.26. The molecule has 2 heterocycles. The number of hydrogen-bond donors (Lipinski definition) is 1. The van der Waals surface area contributed by atoms with Crippen molar-refractivity contribution >= 4 is 0 Å². The zero-order valence-corrected chi connectivity index (χ0v) is 11.5. The number of nitrogens with one attached hydrogen (secondary N) is 1. The molecule has 3 rings (SSSR count). The maximum atomic E-state index is 3.52. The molecule has 3 fully saturated rings. The lowest BCUT2D eigenvalue weighted by Crippen LogP contribution is -2.57. The van der Waals surface area contributed by atoms with E-state index in [2.05, 4.69) is 24.2 Å². The molecule has 1 N–H and O–H groups in total. The van der Waals surface area contributed by atoms with Crippen molar-refractivity contribution in [3.05, 3.63) is 0 Å². The van der Waals surface area contributed by atoms with Crippen LogP contribution >= 0.6 is 0 Å². The Morgan fingerprint density at radius 1 is 1.18 bits per heavy atom. The lowest BCUT2D eigenvalue weighted by molar-refractivity contribution is 0.00909. The van der Waals surface area contributed by atoms with E-state index in [1.165, 1.54) is 57.9 Å². The van der Waals surface area contributed by atoms with E-state index < -0.39 is 0 Å². The molecule has 0 aromatic heterocycles. The Morgan fingerprint density at radius 2 is 1.82 bits per heavy atom. The third-order valence-electron chi connectivity index (χ3n) is 5.76. The Balaban J connectivity index is 1.68. The highest BCUT2D eigenvalue weighted by Gasteiger charge is 2.46. The van der Waals surface area contributed by atoms with Gasteiger partial charge in [0.25, 0.3) is 0 Å². The SMILES string of the molecule is CCC1(CN2C3CCCC2CC(NC)C3)CC1. The Bertz CT molecular complexity index is 258. The van der Waals surface area contributed by atoms with Gasteiger partial charge >= 0.3 is 0 Å². The summed E-state index contributed by atoms with van der Waals surface area (Å²) in [5, 5.41) is 3.52. The van der Waals surface area contributed by atoms with Crippen LogP contribution in [0.5, 0.6) is 0 Å². The van der Waals surface area contributed by atoms with Crippen LogP contribution in [0.15, 0.2) is 0 Å². The molecule has 2 nitrogen and oxygen atoms in total. The van der Waals surface area contributed by atoms with Crippen molar-refractivity contribution in [1.29, 1.82) is 0 Å². The first-order valence-corrected chi connectivity index (χ1v) is 7.69. The highest BCUT2D eigenvalue weighted by Crippen LogP contribution is 2.51. The molecule has 2 atom stereocenters. The monoisotopic (exact) mass is 236 g/mol. The van der Waals surface area contributed by atoms with Gasteiger partial charge in [0.05, 0.1) is 0 Å². The van der Waals surface area contributed by atoms with Gasteiger partial charge < -0.3 is 5.32 Å². The predicted molar refractivity (Wildman–Crippen MR) is 72.2 cm³/mol. The summed E-state index contributed by atoms with van der Waals surface area (Å²) in [6.45, 7) is 3.80. The highest BCUT2D eigenvalue weighted by molar-refractivity contribution is 5.01. The average Bonchev–Trinajstić information content (AvgIpc) is 3.09. The van der Waals surface area contributed by atoms with Crippen LogP contribution in [0, 0.1) is 5.41 Å². The first kappa shape index (κ1) is 12.0. The summed E-state index contributed by atoms with van der Waals surface area (Å²) in [6, 6.07) is 2.58. The molecule has 0 aromatic carbocycles. The second-order valence-corrected chi connectivity index (χ2v) is 6.72. The molecule has 0 spiro atoms. The van der Waals surface area contributed by atoms with Gasteiger partial charge in [0.15, 0.2) is 0 Å². The first-order valence-electron chi connectivity index (χ1n) is 7.69. The van der Waals surface area contributed by atoms with Crippen molar-refractivity contribution in [3.8, 4) is 0 Å². The summed E-state index contributed by atoms with van der Waals surface area (Å²) in [5.74, 6) is 0. The lowest BCUT2D eigenvalue weighted by atomic mass is 9.80. The van der Waals surface area contributed by atoms with Gasteiger partial charge in [0.2, 0.25) is 0 Å². The average molecular weight is 236 g/mol. The largest absolute Gasteiger partial charge is 0.317 e. The minimum atomic E-state index is 0.736. The molecule has 17 heavy (non-hydrogen) atoms. The minimum absolute atomic E-state index is 0.736. The summed E-state index contributed by atoms with van der Waals surface area (Å²) in [4.78, 5) is 2.91. The molecule has 2 bridgehead atoms. The second-order valence-electron chi connectivity index (χ2n) is 6.72. The predicted octanol–water partition coefficient (Wildman–Crippen LogP) is 2.78. The molecule has 3 aliphatic rings. The summed E-state index contributed by atoms with van der Waals surface area (Å²) < 4.78 is 0. The van der Waals surface area contributed by atoms with Gasteiger partial charge in [0, 0.05) is 24.7 Å². The van der Waals surface area contributed by atoms with Crippen molar-refractivity contribution in [2.24, 2.45) is 5.41 Å². The molecular formula is C15H28N2. The Hall–Kier alpha value is -0.0800. The number of hydrogen-bond acceptors (Lipinski definition) is 2. The van der Waals surface area contributed by atoms with Gasteiger partial charge in [-0.1, -0.05) is 13.3 Å². The molecule has 2 heteroatoms. The van der Waals surface area contributed by atoms with E-state index in [0.29, 0.717) is 0 Å². The Morgan fingerprint density at radius 3 is 2.29 bits per heavy atom. The zero-order chi connectivity index (χ0) is 11.9. The minimum Gasteiger partial charge on any atom is -0.317 e.